The second kappa shape index (κ2) is 9.06. The Kier molecular flexibility index (Phi) is 5.86. The van der Waals surface area contributed by atoms with Crippen molar-refractivity contribution in [1.29, 1.82) is 5.26 Å². The van der Waals surface area contributed by atoms with Gasteiger partial charge in [0.15, 0.2) is 11.5 Å². The Labute approximate surface area is 185 Å². The number of amides is 2. The molecule has 0 radical (unpaired) electrons. The van der Waals surface area contributed by atoms with Gasteiger partial charge in [0.25, 0.3) is 11.8 Å². The lowest BCUT2D eigenvalue weighted by molar-refractivity contribution is -0.117. The molecule has 1 fully saturated rings. The quantitative estimate of drug-likeness (QED) is 0.481. The number of hydrogen-bond acceptors (Lipinski definition) is 5. The maximum atomic E-state index is 12.8. The van der Waals surface area contributed by atoms with Gasteiger partial charge in [0, 0.05) is 5.56 Å². The van der Waals surface area contributed by atoms with Crippen LogP contribution in [0.5, 0.6) is 11.5 Å². The molecule has 7 nitrogen and oxygen atoms in total. The Hall–Kier alpha value is -4.57. The molecule has 0 aliphatic carbocycles. The summed E-state index contributed by atoms with van der Waals surface area (Å²) in [7, 11) is 1.51. The monoisotopic (exact) mass is 425 g/mol. The average Bonchev–Trinajstić information content (AvgIpc) is 3.12. The molecule has 7 heteroatoms. The Morgan fingerprint density at radius 1 is 1.00 bits per heavy atom. The van der Waals surface area contributed by atoms with Gasteiger partial charge in [0.2, 0.25) is 0 Å². The number of hydrogen-bond donors (Lipinski definition) is 1. The van der Waals surface area contributed by atoms with Crippen LogP contribution < -0.4 is 19.9 Å². The van der Waals surface area contributed by atoms with Gasteiger partial charge in [0.05, 0.1) is 24.4 Å². The molecule has 1 aliphatic rings. The summed E-state index contributed by atoms with van der Waals surface area (Å²) >= 11 is 0. The van der Waals surface area contributed by atoms with E-state index in [9.17, 15) is 14.9 Å². The number of ether oxygens (including phenoxy) is 2. The van der Waals surface area contributed by atoms with Crippen LogP contribution in [0, 0.1) is 11.3 Å². The first-order chi connectivity index (χ1) is 15.6. The lowest BCUT2D eigenvalue weighted by Gasteiger charge is -2.14. The molecule has 1 aliphatic heterocycles. The van der Waals surface area contributed by atoms with Gasteiger partial charge in [0.1, 0.15) is 12.2 Å². The minimum atomic E-state index is -0.480. The third-order valence-corrected chi connectivity index (χ3v) is 4.93. The lowest BCUT2D eigenvalue weighted by atomic mass is 10.1. The maximum Gasteiger partial charge on any atom is 0.282 e. The summed E-state index contributed by atoms with van der Waals surface area (Å²) in [6.45, 7) is 0.202. The van der Waals surface area contributed by atoms with Crippen LogP contribution in [0.1, 0.15) is 16.7 Å². The second-order valence-electron chi connectivity index (χ2n) is 6.94. The summed E-state index contributed by atoms with van der Waals surface area (Å²) in [5.41, 5.74) is 5.09. The van der Waals surface area contributed by atoms with E-state index in [0.29, 0.717) is 28.3 Å². The highest BCUT2D eigenvalue weighted by atomic mass is 16.5. The topological polar surface area (TPSA) is 91.7 Å². The van der Waals surface area contributed by atoms with Gasteiger partial charge >= 0.3 is 0 Å². The standard InChI is InChI=1S/C25H19N3O4/c1-31-23-14-17(11-12-22(23)32-16-19-8-6-5-7-18(19)15-26)13-21-24(29)27-28(25(21)30)20-9-3-2-4-10-20/h2-14H,16H2,1H3,(H,27,29). The van der Waals surface area contributed by atoms with Crippen LogP contribution in [-0.4, -0.2) is 18.9 Å². The van der Waals surface area contributed by atoms with E-state index in [1.165, 1.54) is 18.2 Å². The predicted octanol–water partition coefficient (Wildman–Crippen LogP) is 3.61. The molecule has 32 heavy (non-hydrogen) atoms. The zero-order chi connectivity index (χ0) is 22.5. The van der Waals surface area contributed by atoms with Crippen molar-refractivity contribution in [2.24, 2.45) is 0 Å². The molecule has 0 bridgehead atoms. The highest BCUT2D eigenvalue weighted by Gasteiger charge is 2.34. The molecule has 0 spiro atoms. The van der Waals surface area contributed by atoms with E-state index < -0.39 is 11.8 Å². The van der Waals surface area contributed by atoms with Crippen molar-refractivity contribution >= 4 is 23.6 Å². The fourth-order valence-corrected chi connectivity index (χ4v) is 3.29. The van der Waals surface area contributed by atoms with Crippen LogP contribution in [0.3, 0.4) is 0 Å². The van der Waals surface area contributed by atoms with Gasteiger partial charge in [-0.15, -0.1) is 0 Å². The third-order valence-electron chi connectivity index (χ3n) is 4.93. The molecule has 1 saturated heterocycles. The Bertz CT molecular complexity index is 1250. The molecule has 1 heterocycles. The number of carbonyl (C=O) groups is 2. The summed E-state index contributed by atoms with van der Waals surface area (Å²) in [5.74, 6) is 0.00919. The minimum Gasteiger partial charge on any atom is -0.493 e. The van der Waals surface area contributed by atoms with E-state index >= 15 is 0 Å². The number of nitrogens with one attached hydrogen (secondary N) is 1. The van der Waals surface area contributed by atoms with Crippen molar-refractivity contribution in [3.05, 3.63) is 95.1 Å². The number of benzene rings is 3. The zero-order valence-corrected chi connectivity index (χ0v) is 17.2. The molecule has 3 aromatic rings. The van der Waals surface area contributed by atoms with Crippen molar-refractivity contribution in [2.75, 3.05) is 12.1 Å². The Morgan fingerprint density at radius 3 is 2.50 bits per heavy atom. The number of hydrazine groups is 1. The van der Waals surface area contributed by atoms with Crippen molar-refractivity contribution in [3.63, 3.8) is 0 Å². The fraction of sp³-hybridized carbons (Fsp3) is 0.0800. The number of para-hydroxylation sites is 1. The smallest absolute Gasteiger partial charge is 0.282 e. The van der Waals surface area contributed by atoms with Crippen molar-refractivity contribution in [3.8, 4) is 17.6 Å². The molecule has 4 rings (SSSR count). The summed E-state index contributed by atoms with van der Waals surface area (Å²) < 4.78 is 11.3. The van der Waals surface area contributed by atoms with E-state index in [2.05, 4.69) is 11.5 Å². The Morgan fingerprint density at radius 2 is 1.75 bits per heavy atom. The summed E-state index contributed by atoms with van der Waals surface area (Å²) in [6, 6.07) is 23.3. The number of methoxy groups -OCH3 is 1. The van der Waals surface area contributed by atoms with Crippen LogP contribution in [-0.2, 0) is 16.2 Å². The lowest BCUT2D eigenvalue weighted by Crippen LogP contribution is -2.35. The molecule has 1 N–H and O–H groups in total. The molecule has 0 aromatic heterocycles. The molecule has 0 unspecified atom stereocenters. The molecule has 0 saturated carbocycles. The summed E-state index contributed by atoms with van der Waals surface area (Å²) in [5, 5.41) is 10.4. The van der Waals surface area contributed by atoms with Crippen LogP contribution in [0.2, 0.25) is 0 Å². The van der Waals surface area contributed by atoms with Crippen molar-refractivity contribution < 1.29 is 19.1 Å². The van der Waals surface area contributed by atoms with Gasteiger partial charge in [-0.3, -0.25) is 15.0 Å². The van der Waals surface area contributed by atoms with Crippen LogP contribution in [0.4, 0.5) is 5.69 Å². The fourth-order valence-electron chi connectivity index (χ4n) is 3.29. The number of anilines is 1. The molecular formula is C25H19N3O4. The first-order valence-corrected chi connectivity index (χ1v) is 9.81. The third kappa shape index (κ3) is 4.16. The highest BCUT2D eigenvalue weighted by molar-refractivity contribution is 6.31. The average molecular weight is 425 g/mol. The molecular weight excluding hydrogens is 406 g/mol. The SMILES string of the molecule is COc1cc(C=C2C(=O)NN(c3ccccc3)C2=O)ccc1OCc1ccccc1C#N. The normalized spacial score (nSPS) is 14.2. The van der Waals surface area contributed by atoms with Gasteiger partial charge in [-0.1, -0.05) is 42.5 Å². The number of rotatable bonds is 6. The van der Waals surface area contributed by atoms with Crippen molar-refractivity contribution in [2.45, 2.75) is 6.61 Å². The van der Waals surface area contributed by atoms with E-state index in [1.807, 2.05) is 18.2 Å². The minimum absolute atomic E-state index is 0.0209. The first kappa shape index (κ1) is 20.7. The zero-order valence-electron chi connectivity index (χ0n) is 17.2. The number of carbonyl (C=O) groups excluding carboxylic acids is 2. The summed E-state index contributed by atoms with van der Waals surface area (Å²) in [6.07, 6.45) is 1.51. The van der Waals surface area contributed by atoms with Gasteiger partial charge < -0.3 is 9.47 Å². The second-order valence-corrected chi connectivity index (χ2v) is 6.94. The maximum absolute atomic E-state index is 12.8. The number of nitrogens with zero attached hydrogens (tertiary/aromatic N) is 2. The number of nitriles is 1. The van der Waals surface area contributed by atoms with E-state index in [4.69, 9.17) is 9.47 Å². The van der Waals surface area contributed by atoms with Gasteiger partial charge in [-0.05, 0) is 42.0 Å². The largest absolute Gasteiger partial charge is 0.493 e. The first-order valence-electron chi connectivity index (χ1n) is 9.81. The predicted molar refractivity (Wildman–Crippen MR) is 119 cm³/mol. The van der Waals surface area contributed by atoms with E-state index in [0.717, 1.165) is 5.56 Å². The van der Waals surface area contributed by atoms with Crippen LogP contribution in [0.15, 0.2) is 78.4 Å². The van der Waals surface area contributed by atoms with E-state index in [-0.39, 0.29) is 12.2 Å². The summed E-state index contributed by atoms with van der Waals surface area (Å²) in [4.78, 5) is 25.1. The van der Waals surface area contributed by atoms with Gasteiger partial charge in [-0.25, -0.2) is 5.01 Å². The molecule has 0 atom stereocenters. The molecule has 2 amide bonds. The van der Waals surface area contributed by atoms with Crippen LogP contribution >= 0.6 is 0 Å². The van der Waals surface area contributed by atoms with Gasteiger partial charge in [-0.2, -0.15) is 5.26 Å². The van der Waals surface area contributed by atoms with E-state index in [1.54, 1.807) is 54.6 Å². The Balaban J connectivity index is 1.55. The molecule has 158 valence electrons. The highest BCUT2D eigenvalue weighted by Crippen LogP contribution is 2.30. The van der Waals surface area contributed by atoms with Crippen molar-refractivity contribution in [1.82, 2.24) is 5.43 Å². The van der Waals surface area contributed by atoms with Crippen LogP contribution in [0.25, 0.3) is 6.08 Å². The molecule has 3 aromatic carbocycles.